The van der Waals surface area contributed by atoms with E-state index in [0.29, 0.717) is 40.1 Å². The summed E-state index contributed by atoms with van der Waals surface area (Å²) in [6.07, 6.45) is 2.03. The van der Waals surface area contributed by atoms with E-state index >= 15 is 0 Å². The average molecular weight is 575 g/mol. The summed E-state index contributed by atoms with van der Waals surface area (Å²) in [6.45, 7) is 3.58. The highest BCUT2D eigenvalue weighted by Crippen LogP contribution is 2.32. The number of hydrogen-bond acceptors (Lipinski definition) is 6. The first-order valence-electron chi connectivity index (χ1n) is 11.7. The maximum absolute atomic E-state index is 13.7. The van der Waals surface area contributed by atoms with Gasteiger partial charge >= 0.3 is 0 Å². The molecule has 2 amide bonds. The van der Waals surface area contributed by atoms with Crippen molar-refractivity contribution < 1.29 is 27.5 Å². The molecule has 0 unspecified atom stereocenters. The standard InChI is InChI=1S/C25H33Cl2N3O6S/c1-6-12-28-25(32)21(7-2)29(15-17-8-9-18(26)13-20(17)27)24(31)16-30(37(5,33)34)19-10-11-22(35-3)23(14-19)36-4/h8-11,13-14,21H,6-7,12,15-16H2,1-5H3,(H,28,32)/t21-/m0/s1. The second-order valence-electron chi connectivity index (χ2n) is 8.28. The predicted molar refractivity (Wildman–Crippen MR) is 146 cm³/mol. The van der Waals surface area contributed by atoms with Crippen LogP contribution in [-0.2, 0) is 26.2 Å². The minimum absolute atomic E-state index is 0.0174. The van der Waals surface area contributed by atoms with Crippen LogP contribution in [0.4, 0.5) is 5.69 Å². The Morgan fingerprint density at radius 2 is 1.70 bits per heavy atom. The Balaban J connectivity index is 2.50. The molecule has 2 rings (SSSR count). The summed E-state index contributed by atoms with van der Waals surface area (Å²) in [6, 6.07) is 8.54. The molecule has 204 valence electrons. The molecule has 0 aliphatic carbocycles. The summed E-state index contributed by atoms with van der Waals surface area (Å²) in [5.41, 5.74) is 0.777. The third-order valence-corrected chi connectivity index (χ3v) is 7.35. The topological polar surface area (TPSA) is 105 Å². The molecular weight excluding hydrogens is 541 g/mol. The Morgan fingerprint density at radius 1 is 1.03 bits per heavy atom. The molecule has 1 N–H and O–H groups in total. The van der Waals surface area contributed by atoms with Gasteiger partial charge in [0, 0.05) is 29.2 Å². The molecule has 0 fully saturated rings. The second kappa shape index (κ2) is 13.7. The van der Waals surface area contributed by atoms with E-state index in [0.717, 1.165) is 17.0 Å². The van der Waals surface area contributed by atoms with Crippen molar-refractivity contribution in [1.82, 2.24) is 10.2 Å². The molecule has 37 heavy (non-hydrogen) atoms. The van der Waals surface area contributed by atoms with Crippen molar-refractivity contribution >= 4 is 50.7 Å². The van der Waals surface area contributed by atoms with Crippen LogP contribution < -0.4 is 19.1 Å². The van der Waals surface area contributed by atoms with Gasteiger partial charge in [-0.3, -0.25) is 13.9 Å². The minimum Gasteiger partial charge on any atom is -0.493 e. The normalized spacial score (nSPS) is 12.0. The molecule has 0 radical (unpaired) electrons. The lowest BCUT2D eigenvalue weighted by Gasteiger charge is -2.33. The van der Waals surface area contributed by atoms with E-state index in [1.807, 2.05) is 6.92 Å². The third-order valence-electron chi connectivity index (χ3n) is 5.63. The van der Waals surface area contributed by atoms with E-state index in [-0.39, 0.29) is 18.1 Å². The number of carbonyl (C=O) groups is 2. The summed E-state index contributed by atoms with van der Waals surface area (Å²) >= 11 is 12.4. The number of nitrogens with one attached hydrogen (secondary N) is 1. The van der Waals surface area contributed by atoms with Gasteiger partial charge in [0.05, 0.1) is 26.2 Å². The number of sulfonamides is 1. The van der Waals surface area contributed by atoms with Crippen LogP contribution in [0.3, 0.4) is 0 Å². The SMILES string of the molecule is CCCNC(=O)[C@H](CC)N(Cc1ccc(Cl)cc1Cl)C(=O)CN(c1ccc(OC)c(OC)c1)S(C)(=O)=O. The van der Waals surface area contributed by atoms with Crippen molar-refractivity contribution in [1.29, 1.82) is 0 Å². The summed E-state index contributed by atoms with van der Waals surface area (Å²) in [7, 11) is -1.01. The molecule has 0 aliphatic rings. The number of anilines is 1. The number of methoxy groups -OCH3 is 2. The Hall–Kier alpha value is -2.69. The fourth-order valence-corrected chi connectivity index (χ4v) is 5.02. The van der Waals surface area contributed by atoms with Crippen molar-refractivity contribution in [2.75, 3.05) is 37.9 Å². The number of benzene rings is 2. The summed E-state index contributed by atoms with van der Waals surface area (Å²) in [5, 5.41) is 3.58. The lowest BCUT2D eigenvalue weighted by atomic mass is 10.1. The molecular formula is C25H33Cl2N3O6S. The molecule has 2 aromatic carbocycles. The lowest BCUT2D eigenvalue weighted by molar-refractivity contribution is -0.140. The maximum Gasteiger partial charge on any atom is 0.244 e. The molecule has 0 aliphatic heterocycles. The van der Waals surface area contributed by atoms with Gasteiger partial charge in [0.2, 0.25) is 21.8 Å². The lowest BCUT2D eigenvalue weighted by Crippen LogP contribution is -2.52. The van der Waals surface area contributed by atoms with Crippen molar-refractivity contribution in [3.63, 3.8) is 0 Å². The molecule has 9 nitrogen and oxygen atoms in total. The first-order chi connectivity index (χ1) is 17.5. The first kappa shape index (κ1) is 30.5. The Kier molecular flexibility index (Phi) is 11.3. The summed E-state index contributed by atoms with van der Waals surface area (Å²) < 4.78 is 37.0. The number of hydrogen-bond donors (Lipinski definition) is 1. The molecule has 0 bridgehead atoms. The highest BCUT2D eigenvalue weighted by atomic mass is 35.5. The van der Waals surface area contributed by atoms with Gasteiger partial charge in [-0.15, -0.1) is 0 Å². The van der Waals surface area contributed by atoms with Gasteiger partial charge in [0.25, 0.3) is 0 Å². The number of ether oxygens (including phenoxy) is 2. The number of halogens is 2. The van der Waals surface area contributed by atoms with E-state index in [1.54, 1.807) is 31.2 Å². The minimum atomic E-state index is -3.90. The number of carbonyl (C=O) groups excluding carboxylic acids is 2. The van der Waals surface area contributed by atoms with Crippen molar-refractivity contribution in [2.24, 2.45) is 0 Å². The van der Waals surface area contributed by atoms with E-state index in [4.69, 9.17) is 32.7 Å². The van der Waals surface area contributed by atoms with Gasteiger partial charge in [-0.1, -0.05) is 43.1 Å². The molecule has 0 saturated heterocycles. The van der Waals surface area contributed by atoms with Crippen LogP contribution in [0.25, 0.3) is 0 Å². The zero-order valence-corrected chi connectivity index (χ0v) is 23.9. The Bertz CT molecular complexity index is 1210. The number of nitrogens with zero attached hydrogens (tertiary/aromatic N) is 2. The molecule has 0 heterocycles. The summed E-state index contributed by atoms with van der Waals surface area (Å²) in [5.74, 6) is -0.204. The first-order valence-corrected chi connectivity index (χ1v) is 14.3. The molecule has 1 atom stereocenters. The largest absolute Gasteiger partial charge is 0.493 e. The van der Waals surface area contributed by atoms with E-state index in [9.17, 15) is 18.0 Å². The molecule has 0 spiro atoms. The monoisotopic (exact) mass is 573 g/mol. The van der Waals surface area contributed by atoms with Gasteiger partial charge in [0.1, 0.15) is 12.6 Å². The van der Waals surface area contributed by atoms with E-state index in [1.165, 1.54) is 31.3 Å². The Labute approximate surface area is 228 Å². The average Bonchev–Trinajstić information content (AvgIpc) is 2.85. The molecule has 12 heteroatoms. The van der Waals surface area contributed by atoms with E-state index in [2.05, 4.69) is 5.32 Å². The van der Waals surface area contributed by atoms with Crippen LogP contribution in [0.15, 0.2) is 36.4 Å². The van der Waals surface area contributed by atoms with Crippen molar-refractivity contribution in [2.45, 2.75) is 39.3 Å². The third kappa shape index (κ3) is 8.15. The summed E-state index contributed by atoms with van der Waals surface area (Å²) in [4.78, 5) is 28.1. The van der Waals surface area contributed by atoms with Crippen LogP contribution in [0.5, 0.6) is 11.5 Å². The highest BCUT2D eigenvalue weighted by molar-refractivity contribution is 7.92. The van der Waals surface area contributed by atoms with Gasteiger partial charge in [-0.25, -0.2) is 8.42 Å². The van der Waals surface area contributed by atoms with Crippen LogP contribution in [0.2, 0.25) is 10.0 Å². The van der Waals surface area contributed by atoms with Crippen molar-refractivity contribution in [3.05, 3.63) is 52.0 Å². The molecule has 0 saturated carbocycles. The quantitative estimate of drug-likeness (QED) is 0.386. The fraction of sp³-hybridized carbons (Fsp3) is 0.440. The predicted octanol–water partition coefficient (Wildman–Crippen LogP) is 4.11. The van der Waals surface area contributed by atoms with Crippen LogP contribution in [0.1, 0.15) is 32.3 Å². The zero-order chi connectivity index (χ0) is 27.8. The molecule has 2 aromatic rings. The zero-order valence-electron chi connectivity index (χ0n) is 21.6. The smallest absolute Gasteiger partial charge is 0.244 e. The van der Waals surface area contributed by atoms with Crippen molar-refractivity contribution in [3.8, 4) is 11.5 Å². The van der Waals surface area contributed by atoms with Crippen LogP contribution in [0, 0.1) is 0 Å². The highest BCUT2D eigenvalue weighted by Gasteiger charge is 2.32. The van der Waals surface area contributed by atoms with E-state index < -0.39 is 28.5 Å². The number of rotatable bonds is 13. The van der Waals surface area contributed by atoms with Gasteiger partial charge in [-0.05, 0) is 42.7 Å². The maximum atomic E-state index is 13.7. The van der Waals surface area contributed by atoms with Gasteiger partial charge < -0.3 is 19.7 Å². The van der Waals surface area contributed by atoms with Gasteiger partial charge in [-0.2, -0.15) is 0 Å². The van der Waals surface area contributed by atoms with Crippen LogP contribution >= 0.6 is 23.2 Å². The second-order valence-corrected chi connectivity index (χ2v) is 11.0. The molecule has 0 aromatic heterocycles. The van der Waals surface area contributed by atoms with Crippen LogP contribution in [-0.4, -0.2) is 64.7 Å². The Morgan fingerprint density at radius 3 is 2.24 bits per heavy atom. The van der Waals surface area contributed by atoms with Gasteiger partial charge in [0.15, 0.2) is 11.5 Å². The fourth-order valence-electron chi connectivity index (χ4n) is 3.71. The number of amides is 2.